The molecule has 0 amide bonds. The van der Waals surface area contributed by atoms with Crippen molar-refractivity contribution in [2.45, 2.75) is 200 Å². The number of aliphatic hydroxyl groups excluding tert-OH is 14. The first kappa shape index (κ1) is 51.7. The van der Waals surface area contributed by atoms with Crippen LogP contribution < -0.4 is 0 Å². The standard InChI is InChI=1S/C44H70O23/c1-17-11-43-9-5-22-41(2,7-4-8-42(22,3)40(59)66-37-32(57)29(54)25(50)19(13-46)61-37)23(43)6-10-44(17,16-43)67-38-33(58)34(27(52)21(15-48)62-38)64-39-35(30(55)26(51)20(14-47)63-39)65-36-31(56)28(53)24(49)18(12-45)60-36/h18-39,45-58H,1,4-16H2,2-3H3/t18-,19-,20-,21-,22+,23+,24-,25+,26-,27-,28+,29-,30+,31-,32-,33-,34+,35-,36+,37+,38+,39+,41-,42-,43-,44+/m1/s1. The lowest BCUT2D eigenvalue weighted by Crippen LogP contribution is -2.67. The van der Waals surface area contributed by atoms with Crippen LogP contribution in [-0.2, 0) is 42.7 Å². The highest BCUT2D eigenvalue weighted by molar-refractivity contribution is 5.77. The molecule has 8 rings (SSSR count). The highest BCUT2D eigenvalue weighted by Crippen LogP contribution is 2.73. The molecule has 23 nitrogen and oxygen atoms in total. The van der Waals surface area contributed by atoms with E-state index in [0.29, 0.717) is 51.4 Å². The summed E-state index contributed by atoms with van der Waals surface area (Å²) in [6.45, 7) is 5.41. The van der Waals surface area contributed by atoms with Crippen LogP contribution in [0.1, 0.15) is 71.6 Å². The Kier molecular flexibility index (Phi) is 15.0. The molecule has 8 aliphatic rings. The van der Waals surface area contributed by atoms with E-state index < -0.39 is 166 Å². The molecule has 4 saturated heterocycles. The van der Waals surface area contributed by atoms with Crippen molar-refractivity contribution in [1.82, 2.24) is 0 Å². The molecule has 4 saturated carbocycles. The molecule has 384 valence electrons. The van der Waals surface area contributed by atoms with Gasteiger partial charge >= 0.3 is 5.97 Å². The Labute approximate surface area is 386 Å². The average Bonchev–Trinajstić information content (AvgIpc) is 3.50. The van der Waals surface area contributed by atoms with Crippen LogP contribution in [0, 0.1) is 28.1 Å². The fraction of sp³-hybridized carbons (Fsp3) is 0.932. The monoisotopic (exact) mass is 966 g/mol. The first-order valence-corrected chi connectivity index (χ1v) is 23.4. The van der Waals surface area contributed by atoms with E-state index in [4.69, 9.17) is 37.9 Å². The first-order valence-electron chi connectivity index (χ1n) is 23.4. The van der Waals surface area contributed by atoms with E-state index in [1.54, 1.807) is 0 Å². The van der Waals surface area contributed by atoms with Gasteiger partial charge in [-0.15, -0.1) is 0 Å². The summed E-state index contributed by atoms with van der Waals surface area (Å²) in [5, 5.41) is 148. The zero-order valence-corrected chi connectivity index (χ0v) is 37.5. The molecule has 2 bridgehead atoms. The van der Waals surface area contributed by atoms with Gasteiger partial charge in [0.1, 0.15) is 97.7 Å². The number of aliphatic hydroxyl groups is 14. The van der Waals surface area contributed by atoms with Crippen LogP contribution in [0.15, 0.2) is 12.2 Å². The van der Waals surface area contributed by atoms with Gasteiger partial charge in [0.25, 0.3) is 0 Å². The molecule has 4 heterocycles. The number of fused-ring (bicyclic) bond motifs is 3. The van der Waals surface area contributed by atoms with Crippen LogP contribution >= 0.6 is 0 Å². The van der Waals surface area contributed by atoms with Gasteiger partial charge in [0.05, 0.1) is 37.4 Å². The van der Waals surface area contributed by atoms with E-state index in [2.05, 4.69) is 13.5 Å². The van der Waals surface area contributed by atoms with E-state index in [1.807, 2.05) is 6.92 Å². The molecule has 0 aromatic carbocycles. The van der Waals surface area contributed by atoms with Crippen molar-refractivity contribution in [3.05, 3.63) is 12.2 Å². The fourth-order valence-electron chi connectivity index (χ4n) is 13.5. The minimum atomic E-state index is -1.95. The Morgan fingerprint density at radius 3 is 1.69 bits per heavy atom. The zero-order chi connectivity index (χ0) is 48.7. The van der Waals surface area contributed by atoms with Gasteiger partial charge in [-0.2, -0.15) is 0 Å². The van der Waals surface area contributed by atoms with Crippen LogP contribution in [-0.4, -0.2) is 232 Å². The predicted octanol–water partition coefficient (Wildman–Crippen LogP) is -5.11. The molecule has 0 aromatic rings. The van der Waals surface area contributed by atoms with E-state index >= 15 is 0 Å². The third-order valence-corrected chi connectivity index (χ3v) is 17.1. The van der Waals surface area contributed by atoms with E-state index in [-0.39, 0.29) is 22.7 Å². The van der Waals surface area contributed by atoms with Crippen molar-refractivity contribution in [1.29, 1.82) is 0 Å². The van der Waals surface area contributed by atoms with Gasteiger partial charge in [-0.05, 0) is 86.5 Å². The van der Waals surface area contributed by atoms with Crippen molar-refractivity contribution in [2.24, 2.45) is 28.1 Å². The lowest BCUT2D eigenvalue weighted by atomic mass is 9.41. The van der Waals surface area contributed by atoms with E-state index in [1.165, 1.54) is 0 Å². The Hall–Kier alpha value is -1.63. The van der Waals surface area contributed by atoms with Crippen LogP contribution in [0.25, 0.3) is 0 Å². The van der Waals surface area contributed by atoms with Crippen molar-refractivity contribution < 1.29 is 114 Å². The second kappa shape index (κ2) is 19.4. The Balaban J connectivity index is 0.991. The number of rotatable bonds is 12. The van der Waals surface area contributed by atoms with Crippen LogP contribution in [0.5, 0.6) is 0 Å². The molecule has 4 aliphatic carbocycles. The van der Waals surface area contributed by atoms with Crippen molar-refractivity contribution >= 4 is 5.97 Å². The summed E-state index contributed by atoms with van der Waals surface area (Å²) in [7, 11) is 0. The zero-order valence-electron chi connectivity index (χ0n) is 37.5. The molecule has 67 heavy (non-hydrogen) atoms. The van der Waals surface area contributed by atoms with Crippen LogP contribution in [0.4, 0.5) is 0 Å². The number of esters is 1. The third-order valence-electron chi connectivity index (χ3n) is 17.1. The maximum absolute atomic E-state index is 14.2. The SMILES string of the molecule is C=C1C[C@@]23CC[C@H]4[C@@](C)(CCC[C@@]4(C)C(=O)O[C@@H]4O[C@H](CO)[C@H](O)[C@@H](O)[C@H]4O)[C@@H]2CC[C@]1(O[C@@H]1O[C@H](CO)[C@@H](O)[C@H](O[C@@H]2O[C@H](CO)[C@@H](O)[C@H](O)[C@H]2O[C@@H]2O[C@H](CO)[C@@H](O)[C@H](O)[C@H]2O)[C@H]1O)C3. The predicted molar refractivity (Wildman–Crippen MR) is 219 cm³/mol. The van der Waals surface area contributed by atoms with Gasteiger partial charge in [0.2, 0.25) is 6.29 Å². The molecule has 0 radical (unpaired) electrons. The molecule has 14 N–H and O–H groups in total. The number of ether oxygens (including phenoxy) is 8. The lowest BCUT2D eigenvalue weighted by Gasteiger charge is -2.64. The summed E-state index contributed by atoms with van der Waals surface area (Å²) < 4.78 is 47.2. The Morgan fingerprint density at radius 1 is 0.567 bits per heavy atom. The molecule has 0 aromatic heterocycles. The molecule has 0 unspecified atom stereocenters. The number of carbonyl (C=O) groups excluding carboxylic acids is 1. The summed E-state index contributed by atoms with van der Waals surface area (Å²) in [5.41, 5.74) is -2.08. The largest absolute Gasteiger partial charge is 0.432 e. The minimum absolute atomic E-state index is 0.0695. The quantitative estimate of drug-likeness (QED) is 0.0494. The van der Waals surface area contributed by atoms with Crippen molar-refractivity contribution in [3.8, 4) is 0 Å². The van der Waals surface area contributed by atoms with Gasteiger partial charge in [-0.3, -0.25) is 4.79 Å². The van der Waals surface area contributed by atoms with Crippen molar-refractivity contribution in [3.63, 3.8) is 0 Å². The summed E-state index contributed by atoms with van der Waals surface area (Å²) in [5.74, 6) is -0.713. The first-order chi connectivity index (χ1) is 31.6. The highest BCUT2D eigenvalue weighted by Gasteiger charge is 2.69. The van der Waals surface area contributed by atoms with Gasteiger partial charge in [-0.1, -0.05) is 19.9 Å². The van der Waals surface area contributed by atoms with Gasteiger partial charge in [0.15, 0.2) is 18.9 Å². The average molecular weight is 967 g/mol. The summed E-state index contributed by atoms with van der Waals surface area (Å²) in [6.07, 6.45) is -28.7. The van der Waals surface area contributed by atoms with Crippen LogP contribution in [0.2, 0.25) is 0 Å². The van der Waals surface area contributed by atoms with Crippen LogP contribution in [0.3, 0.4) is 0 Å². The maximum Gasteiger partial charge on any atom is 0.314 e. The van der Waals surface area contributed by atoms with Gasteiger partial charge in [0, 0.05) is 0 Å². The molecule has 4 aliphatic heterocycles. The smallest absolute Gasteiger partial charge is 0.314 e. The molecule has 26 atom stereocenters. The number of hydrogen-bond acceptors (Lipinski definition) is 23. The number of carbonyl (C=O) groups is 1. The summed E-state index contributed by atoms with van der Waals surface area (Å²) in [4.78, 5) is 14.2. The van der Waals surface area contributed by atoms with Gasteiger partial charge < -0.3 is 109 Å². The molecule has 8 fully saturated rings. The topological polar surface area (TPSA) is 374 Å². The lowest BCUT2D eigenvalue weighted by molar-refractivity contribution is -0.392. The molecule has 1 spiro atoms. The fourth-order valence-corrected chi connectivity index (χ4v) is 13.5. The Bertz CT molecular complexity index is 1760. The molecule has 23 heteroatoms. The van der Waals surface area contributed by atoms with E-state index in [0.717, 1.165) is 12.0 Å². The van der Waals surface area contributed by atoms with E-state index in [9.17, 15) is 76.3 Å². The second-order valence-electron chi connectivity index (χ2n) is 20.8. The molecular formula is C44H70O23. The third kappa shape index (κ3) is 8.63. The maximum atomic E-state index is 14.2. The Morgan fingerprint density at radius 2 is 1.07 bits per heavy atom. The minimum Gasteiger partial charge on any atom is -0.432 e. The van der Waals surface area contributed by atoms with Gasteiger partial charge in [-0.25, -0.2) is 0 Å². The second-order valence-corrected chi connectivity index (χ2v) is 20.8. The highest BCUT2D eigenvalue weighted by atomic mass is 16.8. The normalized spacial score (nSPS) is 54.5. The molecular weight excluding hydrogens is 896 g/mol. The number of hydrogen-bond donors (Lipinski definition) is 14. The summed E-state index contributed by atoms with van der Waals surface area (Å²) >= 11 is 0. The summed E-state index contributed by atoms with van der Waals surface area (Å²) in [6, 6.07) is 0. The van der Waals surface area contributed by atoms with Crippen molar-refractivity contribution in [2.75, 3.05) is 26.4 Å².